The number of amides is 1. The SMILES string of the molecule is COc1ccccc1CCNC(=O)[C@@]1(Cc2ccccc2CN=[N+]=[N-])COC(c2ccc(OCCCO)cc2)=N1. The number of nitrogens with one attached hydrogen (secondary N) is 1. The van der Waals surface area contributed by atoms with Gasteiger partial charge in [0.25, 0.3) is 5.91 Å². The van der Waals surface area contributed by atoms with Crippen molar-refractivity contribution in [3.8, 4) is 11.5 Å². The van der Waals surface area contributed by atoms with E-state index in [-0.39, 0.29) is 32.1 Å². The minimum Gasteiger partial charge on any atom is -0.496 e. The van der Waals surface area contributed by atoms with Crippen LogP contribution in [0.3, 0.4) is 0 Å². The minimum absolute atomic E-state index is 0.0629. The van der Waals surface area contributed by atoms with E-state index in [2.05, 4.69) is 15.3 Å². The Morgan fingerprint density at radius 2 is 1.82 bits per heavy atom. The highest BCUT2D eigenvalue weighted by Crippen LogP contribution is 2.29. The van der Waals surface area contributed by atoms with Crippen LogP contribution in [0, 0.1) is 0 Å². The molecule has 0 aromatic heterocycles. The number of carbonyl (C=O) groups is 1. The molecular formula is C30H33N5O5. The second-order valence-electron chi connectivity index (χ2n) is 9.34. The number of aliphatic hydroxyl groups excluding tert-OH is 1. The maximum Gasteiger partial charge on any atom is 0.251 e. The molecule has 0 aliphatic carbocycles. The minimum atomic E-state index is -1.21. The number of aliphatic imine (C=N–C) groups is 1. The molecule has 40 heavy (non-hydrogen) atoms. The lowest BCUT2D eigenvalue weighted by Gasteiger charge is -2.24. The van der Waals surface area contributed by atoms with Crippen molar-refractivity contribution in [2.75, 3.05) is 33.5 Å². The van der Waals surface area contributed by atoms with Crippen molar-refractivity contribution in [1.82, 2.24) is 5.32 Å². The number of hydrogen-bond acceptors (Lipinski definition) is 7. The van der Waals surface area contributed by atoms with Gasteiger partial charge in [-0.15, -0.1) is 0 Å². The van der Waals surface area contributed by atoms with Gasteiger partial charge in [0, 0.05) is 36.5 Å². The Morgan fingerprint density at radius 1 is 1.10 bits per heavy atom. The van der Waals surface area contributed by atoms with Gasteiger partial charge >= 0.3 is 0 Å². The highest BCUT2D eigenvalue weighted by atomic mass is 16.5. The first-order valence-corrected chi connectivity index (χ1v) is 13.1. The average molecular weight is 544 g/mol. The maximum absolute atomic E-state index is 13.8. The number of benzene rings is 3. The van der Waals surface area contributed by atoms with Gasteiger partial charge in [-0.1, -0.05) is 47.6 Å². The van der Waals surface area contributed by atoms with E-state index in [1.54, 1.807) is 19.2 Å². The Balaban J connectivity index is 1.57. The molecule has 3 aromatic carbocycles. The fourth-order valence-electron chi connectivity index (χ4n) is 4.52. The molecule has 3 aromatic rings. The molecule has 208 valence electrons. The molecule has 0 unspecified atom stereocenters. The Morgan fingerprint density at radius 3 is 2.55 bits per heavy atom. The summed E-state index contributed by atoms with van der Waals surface area (Å²) in [6.45, 7) is 1.12. The number of carbonyl (C=O) groups excluding carboxylic acids is 1. The van der Waals surface area contributed by atoms with Gasteiger partial charge in [0.05, 0.1) is 20.3 Å². The molecule has 2 N–H and O–H groups in total. The van der Waals surface area contributed by atoms with Crippen LogP contribution in [-0.2, 0) is 28.9 Å². The van der Waals surface area contributed by atoms with Crippen LogP contribution in [0.5, 0.6) is 11.5 Å². The maximum atomic E-state index is 13.8. The monoisotopic (exact) mass is 543 g/mol. The van der Waals surface area contributed by atoms with Gasteiger partial charge in [0.2, 0.25) is 5.90 Å². The molecule has 10 heteroatoms. The van der Waals surface area contributed by atoms with Crippen LogP contribution < -0.4 is 14.8 Å². The lowest BCUT2D eigenvalue weighted by molar-refractivity contribution is -0.126. The van der Waals surface area contributed by atoms with Crippen LogP contribution in [0.25, 0.3) is 10.4 Å². The van der Waals surface area contributed by atoms with Crippen molar-refractivity contribution in [3.05, 3.63) is 105 Å². The van der Waals surface area contributed by atoms with Crippen molar-refractivity contribution in [3.63, 3.8) is 0 Å². The van der Waals surface area contributed by atoms with E-state index < -0.39 is 5.54 Å². The topological polar surface area (TPSA) is 138 Å². The standard InChI is InChI=1S/C30H33N5O5/c1-38-27-10-5-4-7-22(27)15-16-32-29(37)30(19-24-8-2-3-9-25(24)20-33-35-31)21-40-28(34-30)23-11-13-26(14-12-23)39-18-6-17-36/h2-5,7-14,36H,6,15-21H2,1H3,(H,32,37)/t30-/m1/s1. The summed E-state index contributed by atoms with van der Waals surface area (Å²) in [5.74, 6) is 1.56. The van der Waals surface area contributed by atoms with E-state index in [4.69, 9.17) is 29.8 Å². The summed E-state index contributed by atoms with van der Waals surface area (Å²) in [4.78, 5) is 21.5. The fraction of sp³-hybridized carbons (Fsp3) is 0.333. The van der Waals surface area contributed by atoms with Crippen LogP contribution >= 0.6 is 0 Å². The molecule has 10 nitrogen and oxygen atoms in total. The molecule has 0 saturated heterocycles. The number of ether oxygens (including phenoxy) is 3. The number of nitrogens with zero attached hydrogens (tertiary/aromatic N) is 4. The normalized spacial score (nSPS) is 15.9. The number of rotatable bonds is 14. The molecule has 1 aliphatic heterocycles. The number of methoxy groups -OCH3 is 1. The summed E-state index contributed by atoms with van der Waals surface area (Å²) in [5.41, 5.74) is 11.0. The summed E-state index contributed by atoms with van der Waals surface area (Å²) in [7, 11) is 1.63. The molecule has 0 bridgehead atoms. The second kappa shape index (κ2) is 14.0. The Labute approximate surface area is 233 Å². The van der Waals surface area contributed by atoms with Gasteiger partial charge in [-0.3, -0.25) is 4.79 Å². The van der Waals surface area contributed by atoms with E-state index in [9.17, 15) is 4.79 Å². The van der Waals surface area contributed by atoms with Gasteiger partial charge in [-0.25, -0.2) is 4.99 Å². The largest absolute Gasteiger partial charge is 0.496 e. The first kappa shape index (κ1) is 28.5. The van der Waals surface area contributed by atoms with Crippen molar-refractivity contribution in [1.29, 1.82) is 0 Å². The third-order valence-electron chi connectivity index (χ3n) is 6.64. The molecule has 1 heterocycles. The zero-order valence-corrected chi connectivity index (χ0v) is 22.5. The summed E-state index contributed by atoms with van der Waals surface area (Å²) in [6, 6.07) is 22.5. The quantitative estimate of drug-likeness (QED) is 0.134. The third-order valence-corrected chi connectivity index (χ3v) is 6.64. The summed E-state index contributed by atoms with van der Waals surface area (Å²) in [6.07, 6.45) is 1.42. The van der Waals surface area contributed by atoms with E-state index in [0.29, 0.717) is 37.6 Å². The van der Waals surface area contributed by atoms with Gasteiger partial charge in [0.15, 0.2) is 5.54 Å². The first-order valence-electron chi connectivity index (χ1n) is 13.1. The molecule has 4 rings (SSSR count). The number of para-hydroxylation sites is 1. The van der Waals surface area contributed by atoms with Crippen molar-refractivity contribution >= 4 is 11.8 Å². The van der Waals surface area contributed by atoms with E-state index in [0.717, 1.165) is 28.0 Å². The average Bonchev–Trinajstić information content (AvgIpc) is 3.42. The van der Waals surface area contributed by atoms with Gasteiger partial charge in [-0.2, -0.15) is 0 Å². The zero-order chi connectivity index (χ0) is 28.2. The zero-order valence-electron chi connectivity index (χ0n) is 22.5. The highest BCUT2D eigenvalue weighted by molar-refractivity contribution is 6.00. The van der Waals surface area contributed by atoms with Gasteiger partial charge in [0.1, 0.15) is 18.1 Å². The Bertz CT molecular complexity index is 1370. The second-order valence-corrected chi connectivity index (χ2v) is 9.34. The third kappa shape index (κ3) is 7.11. The van der Waals surface area contributed by atoms with Crippen LogP contribution in [-0.4, -0.2) is 55.9 Å². The van der Waals surface area contributed by atoms with Crippen molar-refractivity contribution < 1.29 is 24.1 Å². The summed E-state index contributed by atoms with van der Waals surface area (Å²) >= 11 is 0. The van der Waals surface area contributed by atoms with Gasteiger partial charge < -0.3 is 24.6 Å². The molecule has 1 amide bonds. The molecule has 0 radical (unpaired) electrons. The first-order chi connectivity index (χ1) is 19.6. The smallest absolute Gasteiger partial charge is 0.251 e. The number of hydrogen-bond donors (Lipinski definition) is 2. The predicted molar refractivity (Wildman–Crippen MR) is 152 cm³/mol. The predicted octanol–water partition coefficient (Wildman–Crippen LogP) is 4.38. The highest BCUT2D eigenvalue weighted by Gasteiger charge is 2.44. The summed E-state index contributed by atoms with van der Waals surface area (Å²) in [5, 5.41) is 15.7. The van der Waals surface area contributed by atoms with Crippen LogP contribution in [0.4, 0.5) is 0 Å². The van der Waals surface area contributed by atoms with Crippen LogP contribution in [0.2, 0.25) is 0 Å². The fourth-order valence-corrected chi connectivity index (χ4v) is 4.52. The molecular weight excluding hydrogens is 510 g/mol. The molecule has 0 saturated carbocycles. The van der Waals surface area contributed by atoms with Crippen molar-refractivity contribution in [2.24, 2.45) is 10.1 Å². The Kier molecular flexibility index (Phi) is 9.99. The van der Waals surface area contributed by atoms with Gasteiger partial charge in [-0.05, 0) is 59.0 Å². The molecule has 1 atom stereocenters. The molecule has 0 spiro atoms. The number of aliphatic hydroxyl groups is 1. The number of azide groups is 1. The lowest BCUT2D eigenvalue weighted by atomic mass is 9.89. The van der Waals surface area contributed by atoms with Crippen LogP contribution in [0.1, 0.15) is 28.7 Å². The van der Waals surface area contributed by atoms with Crippen molar-refractivity contribution in [2.45, 2.75) is 31.3 Å². The van der Waals surface area contributed by atoms with E-state index >= 15 is 0 Å². The lowest BCUT2D eigenvalue weighted by Crippen LogP contribution is -2.49. The molecule has 1 aliphatic rings. The molecule has 0 fully saturated rings. The Hall–Kier alpha value is -4.53. The summed E-state index contributed by atoms with van der Waals surface area (Å²) < 4.78 is 17.1. The van der Waals surface area contributed by atoms with Crippen LogP contribution in [0.15, 0.2) is 82.9 Å². The van der Waals surface area contributed by atoms with E-state index in [1.165, 1.54) is 0 Å². The van der Waals surface area contributed by atoms with E-state index in [1.807, 2.05) is 60.7 Å².